The number of ether oxygens (including phenoxy) is 1. The van der Waals surface area contributed by atoms with Crippen molar-refractivity contribution >= 4 is 29.5 Å². The van der Waals surface area contributed by atoms with Gasteiger partial charge >= 0.3 is 24.4 Å². The van der Waals surface area contributed by atoms with E-state index in [1.54, 1.807) is 28.9 Å². The van der Waals surface area contributed by atoms with E-state index in [-0.39, 0.29) is 35.9 Å². The second kappa shape index (κ2) is 18.8. The van der Waals surface area contributed by atoms with Crippen molar-refractivity contribution in [3.8, 4) is 6.07 Å². The minimum atomic E-state index is -4.73. The SMILES string of the molecule is CCOC(=O)C1=C(C)N(c2cccc(C(F)(F)F)c2)C(=O)N(CC(=O)N2CCN(CCN3CCN(C(=O)Cc4cccc(C(F)(F)F)c4)CC3)CC2)[C@@H]1c1ccc(C#N)cc1. The van der Waals surface area contributed by atoms with Gasteiger partial charge in [0.05, 0.1) is 53.1 Å². The number of esters is 1. The number of hydrogen-bond acceptors (Lipinski definition) is 8. The fourth-order valence-corrected chi connectivity index (χ4v) is 7.81. The summed E-state index contributed by atoms with van der Waals surface area (Å²) < 4.78 is 86.3. The Morgan fingerprint density at radius 2 is 1.30 bits per heavy atom. The summed E-state index contributed by atoms with van der Waals surface area (Å²) in [7, 11) is 0. The van der Waals surface area contributed by atoms with Crippen molar-refractivity contribution in [3.05, 3.63) is 112 Å². The van der Waals surface area contributed by atoms with E-state index in [4.69, 9.17) is 4.74 Å². The third-order valence-corrected chi connectivity index (χ3v) is 11.1. The number of anilines is 1. The molecule has 12 nitrogen and oxygen atoms in total. The number of nitriles is 1. The number of hydrogen-bond donors (Lipinski definition) is 0. The number of amides is 4. The summed E-state index contributed by atoms with van der Waals surface area (Å²) in [6.45, 7) is 7.54. The molecule has 4 amide bonds. The van der Waals surface area contributed by atoms with E-state index in [1.165, 1.54) is 37.3 Å². The number of carbonyl (C=O) groups is 4. The summed E-state index contributed by atoms with van der Waals surface area (Å²) in [6, 6.07) is 15.0. The van der Waals surface area contributed by atoms with Crippen molar-refractivity contribution in [3.63, 3.8) is 0 Å². The molecular formula is C43H45F6N7O5. The van der Waals surface area contributed by atoms with Gasteiger partial charge in [0.1, 0.15) is 6.54 Å². The number of halogens is 6. The monoisotopic (exact) mass is 853 g/mol. The minimum Gasteiger partial charge on any atom is -0.463 e. The molecule has 3 aromatic carbocycles. The van der Waals surface area contributed by atoms with Gasteiger partial charge in [-0.2, -0.15) is 31.6 Å². The van der Waals surface area contributed by atoms with Crippen LogP contribution in [-0.4, -0.2) is 127 Å². The number of alkyl halides is 6. The van der Waals surface area contributed by atoms with Crippen molar-refractivity contribution in [2.24, 2.45) is 0 Å². The highest BCUT2D eigenvalue weighted by molar-refractivity contribution is 6.04. The smallest absolute Gasteiger partial charge is 0.416 e. The van der Waals surface area contributed by atoms with Crippen LogP contribution in [0.3, 0.4) is 0 Å². The highest BCUT2D eigenvalue weighted by Gasteiger charge is 2.45. The molecule has 0 bridgehead atoms. The van der Waals surface area contributed by atoms with Crippen molar-refractivity contribution in [1.82, 2.24) is 24.5 Å². The summed E-state index contributed by atoms with van der Waals surface area (Å²) in [5.41, 5.74) is -0.996. The van der Waals surface area contributed by atoms with Gasteiger partial charge in [0, 0.05) is 71.1 Å². The van der Waals surface area contributed by atoms with Crippen molar-refractivity contribution < 1.29 is 50.3 Å². The molecule has 2 fully saturated rings. The quantitative estimate of drug-likeness (QED) is 0.172. The van der Waals surface area contributed by atoms with E-state index in [2.05, 4.69) is 9.80 Å². The fraction of sp³-hybridized carbons (Fsp3) is 0.419. The molecular weight excluding hydrogens is 809 g/mol. The third kappa shape index (κ3) is 10.5. The maximum Gasteiger partial charge on any atom is 0.416 e. The number of urea groups is 1. The molecule has 61 heavy (non-hydrogen) atoms. The summed E-state index contributed by atoms with van der Waals surface area (Å²) in [4.78, 5) is 64.9. The lowest BCUT2D eigenvalue weighted by Gasteiger charge is -2.43. The first-order valence-corrected chi connectivity index (χ1v) is 19.8. The second-order valence-corrected chi connectivity index (χ2v) is 15.0. The normalized spacial score (nSPS) is 18.3. The molecule has 0 aliphatic carbocycles. The molecule has 3 heterocycles. The Morgan fingerprint density at radius 1 is 0.754 bits per heavy atom. The molecule has 3 aliphatic heterocycles. The number of allylic oxidation sites excluding steroid dienone is 1. The molecule has 324 valence electrons. The van der Waals surface area contributed by atoms with Gasteiger partial charge in [-0.15, -0.1) is 0 Å². The summed E-state index contributed by atoms with van der Waals surface area (Å²) in [6.07, 6.45) is -9.34. The average molecular weight is 854 g/mol. The molecule has 6 rings (SSSR count). The van der Waals surface area contributed by atoms with Gasteiger partial charge in [-0.05, 0) is 61.4 Å². The minimum absolute atomic E-state index is 0.0256. The van der Waals surface area contributed by atoms with Gasteiger partial charge in [-0.25, -0.2) is 9.59 Å². The molecule has 0 radical (unpaired) electrons. The van der Waals surface area contributed by atoms with Crippen LogP contribution in [0.1, 0.15) is 47.7 Å². The maximum atomic E-state index is 14.5. The van der Waals surface area contributed by atoms with Gasteiger partial charge < -0.3 is 19.4 Å². The Labute approximate surface area is 349 Å². The van der Waals surface area contributed by atoms with E-state index in [0.29, 0.717) is 82.1 Å². The van der Waals surface area contributed by atoms with Crippen LogP contribution in [0.15, 0.2) is 84.1 Å². The number of piperazine rings is 2. The fourth-order valence-electron chi connectivity index (χ4n) is 7.81. The molecule has 18 heteroatoms. The molecule has 0 aromatic heterocycles. The lowest BCUT2D eigenvalue weighted by Crippen LogP contribution is -2.57. The zero-order valence-electron chi connectivity index (χ0n) is 33.6. The molecule has 2 saturated heterocycles. The van der Waals surface area contributed by atoms with E-state index >= 15 is 0 Å². The van der Waals surface area contributed by atoms with Crippen molar-refractivity contribution in [1.29, 1.82) is 5.26 Å². The Balaban J connectivity index is 1.10. The third-order valence-electron chi connectivity index (χ3n) is 11.1. The lowest BCUT2D eigenvalue weighted by molar-refractivity contribution is -0.140. The molecule has 0 unspecified atom stereocenters. The Hall–Kier alpha value is -5.93. The van der Waals surface area contributed by atoms with E-state index in [0.717, 1.165) is 40.1 Å². The number of rotatable bonds is 11. The highest BCUT2D eigenvalue weighted by atomic mass is 19.4. The summed E-state index contributed by atoms with van der Waals surface area (Å²) in [5, 5.41) is 9.42. The first kappa shape index (κ1) is 44.6. The van der Waals surface area contributed by atoms with Gasteiger partial charge in [-0.1, -0.05) is 36.4 Å². The Bertz CT molecular complexity index is 2170. The molecule has 0 N–H and O–H groups in total. The van der Waals surface area contributed by atoms with Gasteiger partial charge in [-0.3, -0.25) is 24.3 Å². The number of carbonyl (C=O) groups excluding carboxylic acids is 4. The topological polar surface area (TPSA) is 121 Å². The second-order valence-electron chi connectivity index (χ2n) is 15.0. The van der Waals surface area contributed by atoms with E-state index < -0.39 is 54.0 Å². The maximum absolute atomic E-state index is 14.5. The van der Waals surface area contributed by atoms with E-state index in [1.807, 2.05) is 6.07 Å². The predicted octanol–water partition coefficient (Wildman–Crippen LogP) is 5.95. The zero-order chi connectivity index (χ0) is 44.1. The van der Waals surface area contributed by atoms with Crippen molar-refractivity contribution in [2.75, 3.05) is 83.5 Å². The summed E-state index contributed by atoms with van der Waals surface area (Å²) in [5.74, 6) is -1.50. The van der Waals surface area contributed by atoms with Crippen LogP contribution in [0.2, 0.25) is 0 Å². The highest BCUT2D eigenvalue weighted by Crippen LogP contribution is 2.41. The first-order valence-electron chi connectivity index (χ1n) is 19.8. The first-order chi connectivity index (χ1) is 29.0. The molecule has 0 saturated carbocycles. The number of nitrogens with zero attached hydrogens (tertiary/aromatic N) is 7. The molecule has 3 aromatic rings. The Kier molecular flexibility index (Phi) is 13.7. The van der Waals surface area contributed by atoms with Crippen LogP contribution in [0.25, 0.3) is 0 Å². The predicted molar refractivity (Wildman–Crippen MR) is 210 cm³/mol. The van der Waals surface area contributed by atoms with Crippen LogP contribution in [0.5, 0.6) is 0 Å². The van der Waals surface area contributed by atoms with Crippen molar-refractivity contribution in [2.45, 2.75) is 38.7 Å². The van der Waals surface area contributed by atoms with Gasteiger partial charge in [0.2, 0.25) is 11.8 Å². The molecule has 1 atom stereocenters. The average Bonchev–Trinajstić information content (AvgIpc) is 3.23. The Morgan fingerprint density at radius 3 is 1.84 bits per heavy atom. The van der Waals surface area contributed by atoms with Gasteiger partial charge in [0.15, 0.2) is 0 Å². The van der Waals surface area contributed by atoms with Crippen LogP contribution < -0.4 is 4.90 Å². The van der Waals surface area contributed by atoms with Crippen LogP contribution in [0.4, 0.5) is 36.8 Å². The molecule has 3 aliphatic rings. The van der Waals surface area contributed by atoms with E-state index in [9.17, 15) is 50.8 Å². The summed E-state index contributed by atoms with van der Waals surface area (Å²) >= 11 is 0. The largest absolute Gasteiger partial charge is 0.463 e. The van der Waals surface area contributed by atoms with Crippen LogP contribution in [0, 0.1) is 11.3 Å². The molecule has 0 spiro atoms. The van der Waals surface area contributed by atoms with Crippen LogP contribution >= 0.6 is 0 Å². The van der Waals surface area contributed by atoms with Gasteiger partial charge in [0.25, 0.3) is 0 Å². The lowest BCUT2D eigenvalue weighted by atomic mass is 9.92. The van der Waals surface area contributed by atoms with Crippen LogP contribution in [-0.2, 0) is 37.9 Å². The zero-order valence-corrected chi connectivity index (χ0v) is 33.6. The number of benzene rings is 3. The standard InChI is InChI=1S/C43H45F6N7O5/c1-3-61-40(59)38-29(2)56(35-9-5-8-34(26-35)43(47,48)49)41(60)55(39(38)32-12-10-30(27-50)11-13-32)28-37(58)54-22-18-52(19-23-54)15-14-51-16-20-53(21-17-51)36(57)25-31-6-4-7-33(24-31)42(44,45)46/h4-13,24,26,39H,3,14-23,25,28H2,1-2H3/t39-/m1/s1.